The fourth-order valence-electron chi connectivity index (χ4n) is 1.44. The van der Waals surface area contributed by atoms with Crippen molar-refractivity contribution in [3.8, 4) is 0 Å². The van der Waals surface area contributed by atoms with E-state index in [1.165, 1.54) is 12.2 Å². The van der Waals surface area contributed by atoms with Crippen molar-refractivity contribution < 1.29 is 9.47 Å². The average Bonchev–Trinajstić information content (AvgIpc) is 2.07. The molecule has 3 nitrogen and oxygen atoms in total. The number of thioether (sulfide) groups is 1. The number of nitrogens with one attached hydrogen (secondary N) is 1. The highest BCUT2D eigenvalue weighted by molar-refractivity contribution is 8.00. The molecule has 0 aromatic rings. The Hall–Kier alpha value is 0.230. The molecule has 0 bridgehead atoms. The summed E-state index contributed by atoms with van der Waals surface area (Å²) in [6, 6.07) is 0. The molecule has 1 unspecified atom stereocenters. The Kier molecular flexibility index (Phi) is 3.83. The maximum absolute atomic E-state index is 5.24. The molecule has 4 heteroatoms. The Labute approximate surface area is 78.2 Å². The molecule has 0 aromatic heterocycles. The van der Waals surface area contributed by atoms with Gasteiger partial charge in [0, 0.05) is 14.2 Å². The Morgan fingerprint density at radius 2 is 2.08 bits per heavy atom. The summed E-state index contributed by atoms with van der Waals surface area (Å²) in [6.45, 7) is 3.17. The molecule has 1 fully saturated rings. The van der Waals surface area contributed by atoms with Gasteiger partial charge >= 0.3 is 0 Å². The van der Waals surface area contributed by atoms with Gasteiger partial charge in [-0.1, -0.05) is 0 Å². The summed E-state index contributed by atoms with van der Waals surface area (Å²) < 4.78 is 10.5. The van der Waals surface area contributed by atoms with Crippen LogP contribution < -0.4 is 5.32 Å². The van der Waals surface area contributed by atoms with Crippen molar-refractivity contribution in [3.05, 3.63) is 0 Å². The van der Waals surface area contributed by atoms with E-state index in [0.29, 0.717) is 0 Å². The Morgan fingerprint density at radius 1 is 1.42 bits per heavy atom. The quantitative estimate of drug-likeness (QED) is 0.675. The lowest BCUT2D eigenvalue weighted by molar-refractivity contribution is -0.128. The zero-order valence-corrected chi connectivity index (χ0v) is 8.74. The molecule has 0 radical (unpaired) electrons. The van der Waals surface area contributed by atoms with Gasteiger partial charge in [-0.25, -0.2) is 0 Å². The van der Waals surface area contributed by atoms with Crippen LogP contribution in [-0.2, 0) is 9.47 Å². The van der Waals surface area contributed by atoms with Crippen LogP contribution in [0.25, 0.3) is 0 Å². The van der Waals surface area contributed by atoms with Crippen molar-refractivity contribution in [2.45, 2.75) is 24.5 Å². The van der Waals surface area contributed by atoms with Gasteiger partial charge in [-0.2, -0.15) is 0 Å². The fraction of sp³-hybridized carbons (Fsp3) is 1.00. The van der Waals surface area contributed by atoms with Crippen molar-refractivity contribution in [3.63, 3.8) is 0 Å². The first-order valence-electron chi connectivity index (χ1n) is 4.17. The molecule has 0 amide bonds. The first kappa shape index (κ1) is 10.3. The van der Waals surface area contributed by atoms with Crippen molar-refractivity contribution >= 4 is 11.8 Å². The smallest absolute Gasteiger partial charge is 0.184 e. The van der Waals surface area contributed by atoms with E-state index in [1.54, 1.807) is 14.2 Å². The molecular formula is C8H17NO2S. The highest BCUT2D eigenvalue weighted by Crippen LogP contribution is 2.31. The molecule has 0 aliphatic carbocycles. The minimum Gasteiger partial charge on any atom is -0.353 e. The van der Waals surface area contributed by atoms with E-state index in [9.17, 15) is 0 Å². The molecule has 1 aliphatic heterocycles. The third kappa shape index (κ3) is 2.13. The second-order valence-corrected chi connectivity index (χ2v) is 4.58. The predicted octanol–water partition coefficient (Wildman–Crippen LogP) is 1.05. The van der Waals surface area contributed by atoms with Crippen LogP contribution in [0.15, 0.2) is 0 Å². The van der Waals surface area contributed by atoms with Gasteiger partial charge in [0.1, 0.15) is 4.87 Å². The summed E-state index contributed by atoms with van der Waals surface area (Å²) >= 11 is 1.86. The number of hydrogen-bond donors (Lipinski definition) is 1. The van der Waals surface area contributed by atoms with Gasteiger partial charge in [-0.05, 0) is 25.6 Å². The number of rotatable bonds is 3. The molecule has 0 spiro atoms. The van der Waals surface area contributed by atoms with Crippen LogP contribution in [0.5, 0.6) is 0 Å². The average molecular weight is 191 g/mol. The summed E-state index contributed by atoms with van der Waals surface area (Å²) in [5.41, 5.74) is 0. The summed E-state index contributed by atoms with van der Waals surface area (Å²) in [4.78, 5) is -0.0816. The molecule has 1 aliphatic rings. The van der Waals surface area contributed by atoms with Crippen LogP contribution >= 0.6 is 11.8 Å². The van der Waals surface area contributed by atoms with Crippen molar-refractivity contribution in [2.24, 2.45) is 0 Å². The molecule has 0 aromatic carbocycles. The van der Waals surface area contributed by atoms with Crippen molar-refractivity contribution in [1.82, 2.24) is 5.32 Å². The van der Waals surface area contributed by atoms with E-state index >= 15 is 0 Å². The Morgan fingerprint density at radius 3 is 2.50 bits per heavy atom. The van der Waals surface area contributed by atoms with E-state index in [-0.39, 0.29) is 11.2 Å². The fourth-order valence-corrected chi connectivity index (χ4v) is 2.69. The van der Waals surface area contributed by atoms with E-state index in [1.807, 2.05) is 11.8 Å². The number of methoxy groups -OCH3 is 2. The molecule has 12 heavy (non-hydrogen) atoms. The molecule has 0 saturated carbocycles. The molecule has 1 rings (SSSR count). The molecular weight excluding hydrogens is 174 g/mol. The standard InChI is InChI=1S/C8H17NO2S/c1-8(7(10-2)11-3)9-5-4-6-12-8/h7,9H,4-6H2,1-3H3. The Balaban J connectivity index is 2.53. The topological polar surface area (TPSA) is 30.5 Å². The molecule has 1 heterocycles. The van der Waals surface area contributed by atoms with E-state index < -0.39 is 0 Å². The zero-order valence-electron chi connectivity index (χ0n) is 7.92. The van der Waals surface area contributed by atoms with Gasteiger partial charge in [-0.3, -0.25) is 5.32 Å². The van der Waals surface area contributed by atoms with Crippen LogP contribution in [-0.4, -0.2) is 37.7 Å². The lowest BCUT2D eigenvalue weighted by Crippen LogP contribution is -2.53. The van der Waals surface area contributed by atoms with E-state index in [4.69, 9.17) is 9.47 Å². The normalized spacial score (nSPS) is 31.0. The SMILES string of the molecule is COC(OC)C1(C)NCCCS1. The monoisotopic (exact) mass is 191 g/mol. The molecule has 1 atom stereocenters. The second-order valence-electron chi connectivity index (χ2n) is 3.04. The summed E-state index contributed by atoms with van der Waals surface area (Å²) in [5, 5.41) is 3.41. The van der Waals surface area contributed by atoms with E-state index in [0.717, 1.165) is 6.54 Å². The third-order valence-electron chi connectivity index (χ3n) is 2.08. The van der Waals surface area contributed by atoms with Gasteiger partial charge in [-0.15, -0.1) is 11.8 Å². The lowest BCUT2D eigenvalue weighted by atomic mass is 10.3. The minimum absolute atomic E-state index is 0.0816. The van der Waals surface area contributed by atoms with Gasteiger partial charge in [0.15, 0.2) is 6.29 Å². The summed E-state index contributed by atoms with van der Waals surface area (Å²) in [6.07, 6.45) is 1.06. The summed E-state index contributed by atoms with van der Waals surface area (Å²) in [7, 11) is 3.35. The van der Waals surface area contributed by atoms with Crippen molar-refractivity contribution in [1.29, 1.82) is 0 Å². The number of hydrogen-bond acceptors (Lipinski definition) is 4. The second kappa shape index (κ2) is 4.46. The Bertz CT molecular complexity index is 133. The maximum atomic E-state index is 5.24. The van der Waals surface area contributed by atoms with Crippen molar-refractivity contribution in [2.75, 3.05) is 26.5 Å². The van der Waals surface area contributed by atoms with Crippen LogP contribution in [0.3, 0.4) is 0 Å². The van der Waals surface area contributed by atoms with Crippen LogP contribution in [0.1, 0.15) is 13.3 Å². The van der Waals surface area contributed by atoms with Crippen LogP contribution in [0.2, 0.25) is 0 Å². The largest absolute Gasteiger partial charge is 0.353 e. The molecule has 1 N–H and O–H groups in total. The maximum Gasteiger partial charge on any atom is 0.184 e. The highest BCUT2D eigenvalue weighted by Gasteiger charge is 2.36. The van der Waals surface area contributed by atoms with Gasteiger partial charge in [0.2, 0.25) is 0 Å². The predicted molar refractivity (Wildman–Crippen MR) is 51.3 cm³/mol. The number of ether oxygens (including phenoxy) is 2. The van der Waals surface area contributed by atoms with Gasteiger partial charge in [0.05, 0.1) is 0 Å². The zero-order chi connectivity index (χ0) is 9.03. The third-order valence-corrected chi connectivity index (χ3v) is 3.51. The van der Waals surface area contributed by atoms with Gasteiger partial charge in [0.25, 0.3) is 0 Å². The first-order chi connectivity index (χ1) is 5.73. The van der Waals surface area contributed by atoms with Crippen LogP contribution in [0, 0.1) is 0 Å². The van der Waals surface area contributed by atoms with Crippen LogP contribution in [0.4, 0.5) is 0 Å². The first-order valence-corrected chi connectivity index (χ1v) is 5.16. The minimum atomic E-state index is -0.164. The van der Waals surface area contributed by atoms with E-state index in [2.05, 4.69) is 12.2 Å². The molecule has 72 valence electrons. The molecule has 1 saturated heterocycles. The highest BCUT2D eigenvalue weighted by atomic mass is 32.2. The summed E-state index contributed by atoms with van der Waals surface area (Å²) in [5.74, 6) is 1.17. The van der Waals surface area contributed by atoms with Gasteiger partial charge < -0.3 is 9.47 Å². The lowest BCUT2D eigenvalue weighted by Gasteiger charge is -2.38.